The van der Waals surface area contributed by atoms with Gasteiger partial charge in [0.2, 0.25) is 5.89 Å². The first kappa shape index (κ1) is 18.4. The van der Waals surface area contributed by atoms with Gasteiger partial charge < -0.3 is 15.2 Å². The van der Waals surface area contributed by atoms with Gasteiger partial charge >= 0.3 is 0 Å². The van der Waals surface area contributed by atoms with E-state index in [0.717, 1.165) is 32.0 Å². The summed E-state index contributed by atoms with van der Waals surface area (Å²) < 4.78 is 5.00. The molecule has 2 atom stereocenters. The molecule has 0 radical (unpaired) electrons. The summed E-state index contributed by atoms with van der Waals surface area (Å²) in [7, 11) is 0. The number of guanidine groups is 1. The molecule has 2 heterocycles. The van der Waals surface area contributed by atoms with Crippen LogP contribution in [0.5, 0.6) is 0 Å². The van der Waals surface area contributed by atoms with Crippen molar-refractivity contribution in [2.75, 3.05) is 13.1 Å². The van der Waals surface area contributed by atoms with Crippen molar-refractivity contribution < 1.29 is 4.52 Å². The molecular weight excluding hydrogens is 328 g/mol. The van der Waals surface area contributed by atoms with E-state index in [0.29, 0.717) is 30.3 Å². The van der Waals surface area contributed by atoms with Gasteiger partial charge in [-0.3, -0.25) is 4.90 Å². The van der Waals surface area contributed by atoms with Gasteiger partial charge in [0.05, 0.1) is 0 Å². The van der Waals surface area contributed by atoms with Crippen molar-refractivity contribution in [3.63, 3.8) is 0 Å². The van der Waals surface area contributed by atoms with Crippen LogP contribution in [-0.2, 0) is 13.1 Å². The number of rotatable bonds is 6. The van der Waals surface area contributed by atoms with Crippen LogP contribution in [-0.4, -0.2) is 46.2 Å². The molecule has 0 amide bonds. The van der Waals surface area contributed by atoms with Crippen molar-refractivity contribution in [2.24, 2.45) is 4.99 Å². The van der Waals surface area contributed by atoms with Crippen molar-refractivity contribution in [3.8, 4) is 0 Å². The molecule has 1 aromatic carbocycles. The molecule has 2 N–H and O–H groups in total. The summed E-state index contributed by atoms with van der Waals surface area (Å²) in [6.45, 7) is 9.34. The molecule has 1 fully saturated rings. The molecule has 3 rings (SSSR count). The Morgan fingerprint density at radius 3 is 2.85 bits per heavy atom. The van der Waals surface area contributed by atoms with Gasteiger partial charge in [0.15, 0.2) is 11.8 Å². The maximum Gasteiger partial charge on any atom is 0.223 e. The average Bonchev–Trinajstić information content (AvgIpc) is 3.19. The smallest absolute Gasteiger partial charge is 0.223 e. The van der Waals surface area contributed by atoms with Gasteiger partial charge in [0.25, 0.3) is 0 Å². The van der Waals surface area contributed by atoms with Crippen molar-refractivity contribution in [3.05, 3.63) is 47.6 Å². The summed E-state index contributed by atoms with van der Waals surface area (Å²) in [5, 5.41) is 10.7. The molecule has 0 saturated carbocycles. The van der Waals surface area contributed by atoms with Crippen molar-refractivity contribution in [1.82, 2.24) is 25.7 Å². The van der Waals surface area contributed by atoms with Gasteiger partial charge in [-0.2, -0.15) is 4.98 Å². The molecule has 0 bridgehead atoms. The van der Waals surface area contributed by atoms with Gasteiger partial charge in [0.1, 0.15) is 6.54 Å². The molecule has 1 aliphatic heterocycles. The van der Waals surface area contributed by atoms with E-state index in [1.165, 1.54) is 5.56 Å². The van der Waals surface area contributed by atoms with Crippen LogP contribution in [0.15, 0.2) is 39.8 Å². The number of nitrogens with one attached hydrogen (secondary N) is 2. The predicted octanol–water partition coefficient (Wildman–Crippen LogP) is 2.10. The second-order valence-corrected chi connectivity index (χ2v) is 6.77. The lowest BCUT2D eigenvalue weighted by Gasteiger charge is -2.21. The number of hydrogen-bond donors (Lipinski definition) is 2. The molecular formula is C19H28N6O. The van der Waals surface area contributed by atoms with Crippen LogP contribution in [0.1, 0.15) is 37.5 Å². The summed E-state index contributed by atoms with van der Waals surface area (Å²) in [5.41, 5.74) is 1.35. The number of aliphatic imine (C=N–C) groups is 1. The minimum absolute atomic E-state index is 0.374. The fourth-order valence-electron chi connectivity index (χ4n) is 3.31. The van der Waals surface area contributed by atoms with Crippen LogP contribution in [0.3, 0.4) is 0 Å². The Morgan fingerprint density at radius 2 is 2.15 bits per heavy atom. The van der Waals surface area contributed by atoms with E-state index in [2.05, 4.69) is 74.8 Å². The molecule has 140 valence electrons. The third-order valence-electron chi connectivity index (χ3n) is 4.57. The Morgan fingerprint density at radius 1 is 1.35 bits per heavy atom. The second-order valence-electron chi connectivity index (χ2n) is 6.77. The zero-order valence-corrected chi connectivity index (χ0v) is 15.8. The standard InChI is InChI=1S/C19H28N6O/c1-4-20-19(21-11-18-22-15(3)26-24-18)23-17-10-14(2)25(13-17)12-16-8-6-5-7-9-16/h5-9,14,17H,4,10-13H2,1-3H3,(H2,20,21,23). The highest BCUT2D eigenvalue weighted by atomic mass is 16.5. The lowest BCUT2D eigenvalue weighted by Crippen LogP contribution is -2.44. The summed E-state index contributed by atoms with van der Waals surface area (Å²) in [6, 6.07) is 11.5. The van der Waals surface area contributed by atoms with Crippen molar-refractivity contribution >= 4 is 5.96 Å². The summed E-state index contributed by atoms with van der Waals surface area (Å²) in [6.07, 6.45) is 1.10. The third-order valence-corrected chi connectivity index (χ3v) is 4.57. The number of likely N-dealkylation sites (tertiary alicyclic amines) is 1. The minimum Gasteiger partial charge on any atom is -0.357 e. The monoisotopic (exact) mass is 356 g/mol. The molecule has 7 heteroatoms. The quantitative estimate of drug-likeness (QED) is 0.610. The van der Waals surface area contributed by atoms with E-state index in [1.807, 2.05) is 0 Å². The number of nitrogens with zero attached hydrogens (tertiary/aromatic N) is 4. The summed E-state index contributed by atoms with van der Waals surface area (Å²) in [5.74, 6) is 1.97. The highest BCUT2D eigenvalue weighted by Crippen LogP contribution is 2.20. The summed E-state index contributed by atoms with van der Waals surface area (Å²) in [4.78, 5) is 11.3. The van der Waals surface area contributed by atoms with E-state index >= 15 is 0 Å². The molecule has 0 spiro atoms. The van der Waals surface area contributed by atoms with E-state index in [1.54, 1.807) is 6.92 Å². The maximum absolute atomic E-state index is 5.00. The van der Waals surface area contributed by atoms with Crippen molar-refractivity contribution in [2.45, 2.75) is 52.4 Å². The topological polar surface area (TPSA) is 78.6 Å². The minimum atomic E-state index is 0.374. The van der Waals surface area contributed by atoms with E-state index in [9.17, 15) is 0 Å². The first-order valence-electron chi connectivity index (χ1n) is 9.26. The number of benzene rings is 1. The lowest BCUT2D eigenvalue weighted by atomic mass is 10.2. The number of aryl methyl sites for hydroxylation is 1. The van der Waals surface area contributed by atoms with Crippen LogP contribution < -0.4 is 10.6 Å². The van der Waals surface area contributed by atoms with Crippen LogP contribution >= 0.6 is 0 Å². The SMILES string of the molecule is CCNC(=NCc1noc(C)n1)NC1CC(C)N(Cc2ccccc2)C1. The van der Waals surface area contributed by atoms with Gasteiger partial charge in [-0.05, 0) is 25.8 Å². The van der Waals surface area contributed by atoms with Crippen LogP contribution in [0.25, 0.3) is 0 Å². The molecule has 1 saturated heterocycles. The molecule has 7 nitrogen and oxygen atoms in total. The third kappa shape index (κ3) is 5.05. The largest absolute Gasteiger partial charge is 0.357 e. The fraction of sp³-hybridized carbons (Fsp3) is 0.526. The summed E-state index contributed by atoms with van der Waals surface area (Å²) >= 11 is 0. The van der Waals surface area contributed by atoms with Crippen LogP contribution in [0.4, 0.5) is 0 Å². The Balaban J connectivity index is 1.57. The zero-order chi connectivity index (χ0) is 18.4. The first-order valence-corrected chi connectivity index (χ1v) is 9.26. The fourth-order valence-corrected chi connectivity index (χ4v) is 3.31. The maximum atomic E-state index is 5.00. The van der Waals surface area contributed by atoms with Gasteiger partial charge in [0, 0.05) is 38.6 Å². The van der Waals surface area contributed by atoms with Gasteiger partial charge in [-0.15, -0.1) is 0 Å². The molecule has 0 aliphatic carbocycles. The first-order chi connectivity index (χ1) is 12.6. The molecule has 2 unspecified atom stereocenters. The van der Waals surface area contributed by atoms with E-state index in [4.69, 9.17) is 4.52 Å². The van der Waals surface area contributed by atoms with E-state index < -0.39 is 0 Å². The van der Waals surface area contributed by atoms with Crippen LogP contribution in [0, 0.1) is 6.92 Å². The molecule has 26 heavy (non-hydrogen) atoms. The Labute approximate surface area is 154 Å². The molecule has 1 aromatic heterocycles. The molecule has 1 aliphatic rings. The Hall–Kier alpha value is -2.41. The number of hydrogen-bond acceptors (Lipinski definition) is 5. The van der Waals surface area contributed by atoms with E-state index in [-0.39, 0.29) is 0 Å². The number of aromatic nitrogens is 2. The molecule has 2 aromatic rings. The highest BCUT2D eigenvalue weighted by Gasteiger charge is 2.29. The van der Waals surface area contributed by atoms with Gasteiger partial charge in [-0.1, -0.05) is 35.5 Å². The highest BCUT2D eigenvalue weighted by molar-refractivity contribution is 5.80. The Bertz CT molecular complexity index is 714. The predicted molar refractivity (Wildman–Crippen MR) is 102 cm³/mol. The van der Waals surface area contributed by atoms with Crippen LogP contribution in [0.2, 0.25) is 0 Å². The second kappa shape index (κ2) is 8.80. The van der Waals surface area contributed by atoms with Gasteiger partial charge in [-0.25, -0.2) is 4.99 Å². The normalized spacial score (nSPS) is 21.1. The lowest BCUT2D eigenvalue weighted by molar-refractivity contribution is 0.258. The average molecular weight is 356 g/mol. The zero-order valence-electron chi connectivity index (χ0n) is 15.8. The van der Waals surface area contributed by atoms with Crippen molar-refractivity contribution in [1.29, 1.82) is 0 Å². The Kier molecular flexibility index (Phi) is 6.22.